The average Bonchev–Trinajstić information content (AvgIpc) is 3.25. The molecule has 6 heteroatoms. The van der Waals surface area contributed by atoms with E-state index in [2.05, 4.69) is 32.0 Å². The molecule has 1 fully saturated rings. The van der Waals surface area contributed by atoms with Crippen LogP contribution in [0.4, 0.5) is 0 Å². The molecular formula is C26H26N2O3S. The maximum atomic E-state index is 12.6. The number of carbonyl (C=O) groups excluding carboxylic acids is 1. The molecule has 3 aromatic carbocycles. The number of amides is 1. The molecule has 5 rings (SSSR count). The van der Waals surface area contributed by atoms with Gasteiger partial charge in [-0.05, 0) is 47.9 Å². The summed E-state index contributed by atoms with van der Waals surface area (Å²) < 4.78 is 13.2. The van der Waals surface area contributed by atoms with E-state index in [4.69, 9.17) is 14.5 Å². The lowest BCUT2D eigenvalue weighted by atomic mass is 10.1. The fraction of sp³-hybridized carbons (Fsp3) is 0.308. The Hall–Kier alpha value is -3.12. The van der Waals surface area contributed by atoms with E-state index in [9.17, 15) is 4.79 Å². The first kappa shape index (κ1) is 20.8. The van der Waals surface area contributed by atoms with Gasteiger partial charge in [-0.15, -0.1) is 0 Å². The number of nitrogens with zero attached hydrogens (tertiary/aromatic N) is 2. The third-order valence-corrected chi connectivity index (χ3v) is 7.15. The number of hydrogen-bond acceptors (Lipinski definition) is 5. The molecule has 5 nitrogen and oxygen atoms in total. The highest BCUT2D eigenvalue weighted by atomic mass is 32.1. The summed E-state index contributed by atoms with van der Waals surface area (Å²) in [4.78, 5) is 19.2. The Bertz CT molecular complexity index is 1240. The van der Waals surface area contributed by atoms with Crippen LogP contribution in [0.5, 0.6) is 10.9 Å². The molecule has 0 aliphatic carbocycles. The SMILES string of the molecule is Cc1ccc(C)c2sc(OC3CCN(C(=O)COc4ccc5ccccc5c4)CC3)nc12. The summed E-state index contributed by atoms with van der Waals surface area (Å²) in [6.07, 6.45) is 1.69. The normalized spacial score (nSPS) is 14.8. The molecule has 0 atom stereocenters. The summed E-state index contributed by atoms with van der Waals surface area (Å²) in [6, 6.07) is 18.3. The van der Waals surface area contributed by atoms with Gasteiger partial charge in [-0.25, -0.2) is 4.98 Å². The van der Waals surface area contributed by atoms with Crippen molar-refractivity contribution in [3.8, 4) is 10.9 Å². The fourth-order valence-electron chi connectivity index (χ4n) is 4.15. The summed E-state index contributed by atoms with van der Waals surface area (Å²) in [5, 5.41) is 2.99. The van der Waals surface area contributed by atoms with E-state index in [1.165, 1.54) is 15.8 Å². The van der Waals surface area contributed by atoms with Crippen LogP contribution >= 0.6 is 11.3 Å². The first-order valence-corrected chi connectivity index (χ1v) is 11.8. The van der Waals surface area contributed by atoms with Gasteiger partial charge in [0.05, 0.1) is 10.2 Å². The molecule has 0 spiro atoms. The molecule has 4 aromatic rings. The van der Waals surface area contributed by atoms with E-state index < -0.39 is 0 Å². The molecule has 0 bridgehead atoms. The predicted octanol–water partition coefficient (Wildman–Crippen LogP) is 5.52. The van der Waals surface area contributed by atoms with E-state index in [1.807, 2.05) is 41.3 Å². The van der Waals surface area contributed by atoms with Crippen LogP contribution in [0, 0.1) is 13.8 Å². The molecule has 0 N–H and O–H groups in total. The molecule has 1 aliphatic heterocycles. The average molecular weight is 447 g/mol. The largest absolute Gasteiger partial charge is 0.484 e. The molecule has 2 heterocycles. The quantitative estimate of drug-likeness (QED) is 0.405. The number of likely N-dealkylation sites (tertiary alicyclic amines) is 1. The van der Waals surface area contributed by atoms with Crippen LogP contribution in [0.1, 0.15) is 24.0 Å². The standard InChI is InChI=1S/C26H26N2O3S/c1-17-7-8-18(2)25-24(17)27-26(32-25)31-21-11-13-28(14-12-21)23(29)16-30-22-10-9-19-5-3-4-6-20(19)15-22/h3-10,15,21H,11-14,16H2,1-2H3. The van der Waals surface area contributed by atoms with Gasteiger partial charge in [0.25, 0.3) is 11.1 Å². The lowest BCUT2D eigenvalue weighted by molar-refractivity contribution is -0.135. The van der Waals surface area contributed by atoms with Crippen LogP contribution < -0.4 is 9.47 Å². The second kappa shape index (κ2) is 8.79. The molecule has 164 valence electrons. The van der Waals surface area contributed by atoms with Crippen LogP contribution in [-0.4, -0.2) is 41.6 Å². The number of carbonyl (C=O) groups is 1. The van der Waals surface area contributed by atoms with Crippen molar-refractivity contribution in [1.82, 2.24) is 9.88 Å². The Morgan fingerprint density at radius 2 is 1.78 bits per heavy atom. The van der Waals surface area contributed by atoms with Gasteiger partial charge >= 0.3 is 0 Å². The van der Waals surface area contributed by atoms with Crippen molar-refractivity contribution in [1.29, 1.82) is 0 Å². The molecule has 1 aromatic heterocycles. The highest BCUT2D eigenvalue weighted by Crippen LogP contribution is 2.33. The van der Waals surface area contributed by atoms with E-state index in [0.717, 1.165) is 40.1 Å². The van der Waals surface area contributed by atoms with E-state index in [1.54, 1.807) is 11.3 Å². The highest BCUT2D eigenvalue weighted by Gasteiger charge is 2.25. The summed E-state index contributed by atoms with van der Waals surface area (Å²) in [5.74, 6) is 0.736. The Labute approximate surface area is 191 Å². The van der Waals surface area contributed by atoms with Crippen molar-refractivity contribution in [2.75, 3.05) is 19.7 Å². The monoisotopic (exact) mass is 446 g/mol. The Balaban J connectivity index is 1.14. The zero-order valence-corrected chi connectivity index (χ0v) is 19.2. The van der Waals surface area contributed by atoms with Crippen molar-refractivity contribution in [2.24, 2.45) is 0 Å². The third-order valence-electron chi connectivity index (χ3n) is 6.07. The van der Waals surface area contributed by atoms with Gasteiger partial charge in [0.2, 0.25) is 0 Å². The van der Waals surface area contributed by atoms with Gasteiger partial charge in [-0.2, -0.15) is 0 Å². The van der Waals surface area contributed by atoms with Gasteiger partial charge in [0.1, 0.15) is 11.9 Å². The summed E-state index contributed by atoms with van der Waals surface area (Å²) in [6.45, 7) is 5.59. The molecule has 0 saturated carbocycles. The van der Waals surface area contributed by atoms with Crippen LogP contribution in [0.25, 0.3) is 21.0 Å². The summed E-state index contributed by atoms with van der Waals surface area (Å²) >= 11 is 1.61. The fourth-order valence-corrected chi connectivity index (χ4v) is 5.18. The van der Waals surface area contributed by atoms with Crippen molar-refractivity contribution in [3.05, 3.63) is 65.7 Å². The number of benzene rings is 3. The predicted molar refractivity (Wildman–Crippen MR) is 129 cm³/mol. The van der Waals surface area contributed by atoms with Gasteiger partial charge in [0.15, 0.2) is 6.61 Å². The van der Waals surface area contributed by atoms with E-state index in [0.29, 0.717) is 13.1 Å². The molecule has 0 unspecified atom stereocenters. The van der Waals surface area contributed by atoms with Crippen LogP contribution in [0.15, 0.2) is 54.6 Å². The van der Waals surface area contributed by atoms with Crippen molar-refractivity contribution >= 4 is 38.2 Å². The maximum absolute atomic E-state index is 12.6. The third kappa shape index (κ3) is 4.28. The topological polar surface area (TPSA) is 51.7 Å². The Morgan fingerprint density at radius 3 is 2.56 bits per heavy atom. The van der Waals surface area contributed by atoms with E-state index >= 15 is 0 Å². The first-order valence-electron chi connectivity index (χ1n) is 11.0. The summed E-state index contributed by atoms with van der Waals surface area (Å²) in [7, 11) is 0. The number of aromatic nitrogens is 1. The molecule has 1 amide bonds. The van der Waals surface area contributed by atoms with Crippen LogP contribution in [0.2, 0.25) is 0 Å². The molecule has 1 saturated heterocycles. The van der Waals surface area contributed by atoms with Crippen molar-refractivity contribution < 1.29 is 14.3 Å². The molecule has 32 heavy (non-hydrogen) atoms. The number of piperidine rings is 1. The lowest BCUT2D eigenvalue weighted by Crippen LogP contribution is -2.43. The Kier molecular flexibility index (Phi) is 5.70. The second-order valence-corrected chi connectivity index (χ2v) is 9.31. The number of rotatable bonds is 5. The van der Waals surface area contributed by atoms with Gasteiger partial charge in [0, 0.05) is 25.9 Å². The zero-order chi connectivity index (χ0) is 22.1. The Morgan fingerprint density at radius 1 is 1.03 bits per heavy atom. The number of aryl methyl sites for hydroxylation is 2. The van der Waals surface area contributed by atoms with Crippen molar-refractivity contribution in [2.45, 2.75) is 32.8 Å². The number of thiazole rings is 1. The zero-order valence-electron chi connectivity index (χ0n) is 18.3. The molecule has 0 radical (unpaired) electrons. The number of ether oxygens (including phenoxy) is 2. The van der Waals surface area contributed by atoms with Crippen molar-refractivity contribution in [3.63, 3.8) is 0 Å². The number of fused-ring (bicyclic) bond motifs is 2. The second-order valence-electron chi connectivity index (χ2n) is 8.35. The highest BCUT2D eigenvalue weighted by molar-refractivity contribution is 7.20. The van der Waals surface area contributed by atoms with Gasteiger partial charge in [-0.1, -0.05) is 53.8 Å². The summed E-state index contributed by atoms with van der Waals surface area (Å²) in [5.41, 5.74) is 3.43. The van der Waals surface area contributed by atoms with Crippen LogP contribution in [0.3, 0.4) is 0 Å². The maximum Gasteiger partial charge on any atom is 0.274 e. The van der Waals surface area contributed by atoms with E-state index in [-0.39, 0.29) is 18.6 Å². The number of hydrogen-bond donors (Lipinski definition) is 0. The lowest BCUT2D eigenvalue weighted by Gasteiger charge is -2.31. The van der Waals surface area contributed by atoms with Crippen LogP contribution in [-0.2, 0) is 4.79 Å². The van der Waals surface area contributed by atoms with Gasteiger partial charge < -0.3 is 14.4 Å². The van der Waals surface area contributed by atoms with Gasteiger partial charge in [-0.3, -0.25) is 4.79 Å². The molecule has 1 aliphatic rings. The minimum Gasteiger partial charge on any atom is -0.484 e. The smallest absolute Gasteiger partial charge is 0.274 e. The minimum absolute atomic E-state index is 0.0165. The molecular weight excluding hydrogens is 420 g/mol. The minimum atomic E-state index is 0.0165. The first-order chi connectivity index (χ1) is 15.6.